The fourth-order valence-corrected chi connectivity index (χ4v) is 1.62. The van der Waals surface area contributed by atoms with Gasteiger partial charge in [-0.05, 0) is 38.2 Å². The summed E-state index contributed by atoms with van der Waals surface area (Å²) in [6.07, 6.45) is 4.12. The Morgan fingerprint density at radius 3 is 2.77 bits per heavy atom. The van der Waals surface area contributed by atoms with Crippen LogP contribution >= 0.6 is 0 Å². The van der Waals surface area contributed by atoms with Crippen molar-refractivity contribution in [2.45, 2.75) is 32.6 Å². The number of rotatable bonds is 2. The number of hydrogen-bond acceptors (Lipinski definition) is 3. The van der Waals surface area contributed by atoms with Crippen molar-refractivity contribution in [1.29, 1.82) is 5.26 Å². The van der Waals surface area contributed by atoms with Crippen LogP contribution in [0.25, 0.3) is 0 Å². The third-order valence-corrected chi connectivity index (χ3v) is 2.27. The van der Waals surface area contributed by atoms with Gasteiger partial charge in [-0.25, -0.2) is 0 Å². The van der Waals surface area contributed by atoms with E-state index in [-0.39, 0.29) is 0 Å². The van der Waals surface area contributed by atoms with Crippen LogP contribution in [-0.4, -0.2) is 12.8 Å². The third kappa shape index (κ3) is 2.32. The Bertz CT molecular complexity index is 284. The molecule has 0 amide bonds. The zero-order chi connectivity index (χ0) is 9.68. The molecular formula is C10H14N2O. The molecule has 13 heavy (non-hydrogen) atoms. The van der Waals surface area contributed by atoms with Gasteiger partial charge >= 0.3 is 0 Å². The summed E-state index contributed by atoms with van der Waals surface area (Å²) in [4.78, 5) is 4.69. The lowest BCUT2D eigenvalue weighted by Gasteiger charge is -2.14. The van der Waals surface area contributed by atoms with Gasteiger partial charge in [0.25, 0.3) is 0 Å². The highest BCUT2D eigenvalue weighted by Gasteiger charge is 2.14. The van der Waals surface area contributed by atoms with E-state index in [1.807, 2.05) is 6.92 Å². The second-order valence-corrected chi connectivity index (χ2v) is 3.14. The van der Waals surface area contributed by atoms with Gasteiger partial charge in [-0.1, -0.05) is 5.16 Å². The molecule has 0 heterocycles. The summed E-state index contributed by atoms with van der Waals surface area (Å²) >= 11 is 0. The SMILES string of the molecule is CO/N=C(\C)C1=C(C#N)CCCC1. The predicted molar refractivity (Wildman–Crippen MR) is 51.2 cm³/mol. The molecular weight excluding hydrogens is 164 g/mol. The predicted octanol–water partition coefficient (Wildman–Crippen LogP) is 2.40. The molecule has 1 rings (SSSR count). The number of allylic oxidation sites excluding steroid dienone is 2. The van der Waals surface area contributed by atoms with Crippen LogP contribution in [0.3, 0.4) is 0 Å². The van der Waals surface area contributed by atoms with Gasteiger partial charge in [0, 0.05) is 5.57 Å². The lowest BCUT2D eigenvalue weighted by atomic mass is 9.90. The van der Waals surface area contributed by atoms with Crippen LogP contribution in [-0.2, 0) is 4.84 Å². The Labute approximate surface area is 78.7 Å². The van der Waals surface area contributed by atoms with E-state index in [2.05, 4.69) is 11.2 Å². The van der Waals surface area contributed by atoms with Gasteiger partial charge in [-0.2, -0.15) is 5.26 Å². The maximum atomic E-state index is 8.87. The van der Waals surface area contributed by atoms with Crippen molar-refractivity contribution in [3.63, 3.8) is 0 Å². The lowest BCUT2D eigenvalue weighted by Crippen LogP contribution is -2.06. The van der Waals surface area contributed by atoms with E-state index in [1.54, 1.807) is 0 Å². The van der Waals surface area contributed by atoms with Crippen molar-refractivity contribution in [1.82, 2.24) is 0 Å². The van der Waals surface area contributed by atoms with Crippen LogP contribution in [0.4, 0.5) is 0 Å². The molecule has 1 aliphatic rings. The molecule has 0 aromatic heterocycles. The van der Waals surface area contributed by atoms with Crippen LogP contribution in [0.1, 0.15) is 32.6 Å². The molecule has 0 saturated heterocycles. The summed E-state index contributed by atoms with van der Waals surface area (Å²) < 4.78 is 0. The molecule has 0 aromatic rings. The minimum Gasteiger partial charge on any atom is -0.399 e. The topological polar surface area (TPSA) is 45.4 Å². The van der Waals surface area contributed by atoms with Gasteiger partial charge in [-0.3, -0.25) is 0 Å². The van der Waals surface area contributed by atoms with Crippen molar-refractivity contribution in [3.8, 4) is 6.07 Å². The molecule has 0 saturated carbocycles. The fourth-order valence-electron chi connectivity index (χ4n) is 1.62. The fraction of sp³-hybridized carbons (Fsp3) is 0.600. The smallest absolute Gasteiger partial charge is 0.106 e. The first-order valence-corrected chi connectivity index (χ1v) is 4.50. The number of oxime groups is 1. The van der Waals surface area contributed by atoms with Gasteiger partial charge in [0.15, 0.2) is 0 Å². The molecule has 70 valence electrons. The Hall–Kier alpha value is -1.30. The minimum atomic E-state index is 0.846. The molecule has 3 heteroatoms. The van der Waals surface area contributed by atoms with E-state index in [9.17, 15) is 0 Å². The first-order valence-electron chi connectivity index (χ1n) is 4.50. The van der Waals surface area contributed by atoms with Crippen molar-refractivity contribution < 1.29 is 4.84 Å². The Morgan fingerprint density at radius 1 is 1.46 bits per heavy atom. The van der Waals surface area contributed by atoms with Crippen molar-refractivity contribution in [2.24, 2.45) is 5.16 Å². The van der Waals surface area contributed by atoms with Gasteiger partial charge in [-0.15, -0.1) is 0 Å². The molecule has 0 fully saturated rings. The first kappa shape index (κ1) is 9.79. The quantitative estimate of drug-likeness (QED) is 0.481. The van der Waals surface area contributed by atoms with Crippen molar-refractivity contribution >= 4 is 5.71 Å². The Morgan fingerprint density at radius 2 is 2.15 bits per heavy atom. The maximum absolute atomic E-state index is 8.87. The van der Waals surface area contributed by atoms with Crippen LogP contribution in [0, 0.1) is 11.3 Å². The average molecular weight is 178 g/mol. The summed E-state index contributed by atoms with van der Waals surface area (Å²) in [7, 11) is 1.53. The van der Waals surface area contributed by atoms with E-state index < -0.39 is 0 Å². The van der Waals surface area contributed by atoms with Crippen LogP contribution in [0.5, 0.6) is 0 Å². The zero-order valence-corrected chi connectivity index (χ0v) is 8.13. The summed E-state index contributed by atoms with van der Waals surface area (Å²) in [6, 6.07) is 2.24. The van der Waals surface area contributed by atoms with Crippen molar-refractivity contribution in [2.75, 3.05) is 7.11 Å². The maximum Gasteiger partial charge on any atom is 0.106 e. The molecule has 0 bridgehead atoms. The molecule has 1 aliphatic carbocycles. The minimum absolute atomic E-state index is 0.846. The van der Waals surface area contributed by atoms with Crippen LogP contribution in [0.15, 0.2) is 16.3 Å². The van der Waals surface area contributed by atoms with Gasteiger partial charge < -0.3 is 4.84 Å². The van der Waals surface area contributed by atoms with E-state index in [0.717, 1.165) is 42.5 Å². The van der Waals surface area contributed by atoms with Crippen molar-refractivity contribution in [3.05, 3.63) is 11.1 Å². The second kappa shape index (κ2) is 4.66. The Balaban J connectivity index is 2.92. The van der Waals surface area contributed by atoms with E-state index in [4.69, 9.17) is 10.1 Å². The van der Waals surface area contributed by atoms with E-state index in [1.165, 1.54) is 7.11 Å². The summed E-state index contributed by atoms with van der Waals surface area (Å²) in [5.74, 6) is 0. The van der Waals surface area contributed by atoms with Crippen LogP contribution in [0.2, 0.25) is 0 Å². The molecule has 0 aromatic carbocycles. The number of nitrogens with zero attached hydrogens (tertiary/aromatic N) is 2. The highest BCUT2D eigenvalue weighted by Crippen LogP contribution is 2.25. The Kier molecular flexibility index (Phi) is 3.51. The van der Waals surface area contributed by atoms with E-state index >= 15 is 0 Å². The number of hydrogen-bond donors (Lipinski definition) is 0. The normalized spacial score (nSPS) is 18.4. The van der Waals surface area contributed by atoms with Gasteiger partial charge in [0.05, 0.1) is 11.8 Å². The average Bonchev–Trinajstić information content (AvgIpc) is 2.18. The molecule has 0 unspecified atom stereocenters. The number of nitriles is 1. The second-order valence-electron chi connectivity index (χ2n) is 3.14. The molecule has 0 N–H and O–H groups in total. The summed E-state index contributed by atoms with van der Waals surface area (Å²) in [5.41, 5.74) is 2.80. The molecule has 0 aliphatic heterocycles. The third-order valence-electron chi connectivity index (χ3n) is 2.27. The van der Waals surface area contributed by atoms with Crippen LogP contribution < -0.4 is 0 Å². The molecule has 0 spiro atoms. The highest BCUT2D eigenvalue weighted by molar-refractivity contribution is 5.99. The monoisotopic (exact) mass is 178 g/mol. The largest absolute Gasteiger partial charge is 0.399 e. The summed E-state index contributed by atoms with van der Waals surface area (Å²) in [6.45, 7) is 1.89. The highest BCUT2D eigenvalue weighted by atomic mass is 16.6. The van der Waals surface area contributed by atoms with Gasteiger partial charge in [0.1, 0.15) is 7.11 Å². The standard InChI is InChI=1S/C10H14N2O/c1-8(12-13-2)10-6-4-3-5-9(10)7-11/h3-6H2,1-2H3/b12-8+. The summed E-state index contributed by atoms with van der Waals surface area (Å²) in [5, 5.41) is 12.7. The molecule has 0 atom stereocenters. The molecule has 3 nitrogen and oxygen atoms in total. The lowest BCUT2D eigenvalue weighted by molar-refractivity contribution is 0.213. The first-order chi connectivity index (χ1) is 6.29. The van der Waals surface area contributed by atoms with E-state index in [0.29, 0.717) is 0 Å². The van der Waals surface area contributed by atoms with Gasteiger partial charge in [0.2, 0.25) is 0 Å². The molecule has 0 radical (unpaired) electrons. The zero-order valence-electron chi connectivity index (χ0n) is 8.13.